The van der Waals surface area contributed by atoms with E-state index in [-0.39, 0.29) is 23.3 Å². The lowest BCUT2D eigenvalue weighted by Gasteiger charge is -2.36. The van der Waals surface area contributed by atoms with Crippen LogP contribution in [-0.2, 0) is 16.0 Å². The summed E-state index contributed by atoms with van der Waals surface area (Å²) in [5.74, 6) is 2.19. The maximum atomic E-state index is 13.1. The second kappa shape index (κ2) is 7.84. The van der Waals surface area contributed by atoms with Crippen LogP contribution < -0.4 is 0 Å². The van der Waals surface area contributed by atoms with Gasteiger partial charge in [0.25, 0.3) is 0 Å². The zero-order chi connectivity index (χ0) is 19.7. The van der Waals surface area contributed by atoms with Crippen molar-refractivity contribution in [3.8, 4) is 0 Å². The Morgan fingerprint density at radius 1 is 1.21 bits per heavy atom. The fraction of sp³-hybridized carbons (Fsp3) is 0.810. The van der Waals surface area contributed by atoms with Crippen LogP contribution in [0, 0.1) is 5.41 Å². The SMILES string of the molecule is CC(=O)N(CCc1noc(C2CC2)n1)C1CCN(C(=O)C2(C)CCCCC2)C1. The van der Waals surface area contributed by atoms with Crippen LogP contribution in [0.5, 0.6) is 0 Å². The summed E-state index contributed by atoms with van der Waals surface area (Å²) in [4.78, 5) is 33.7. The molecule has 0 radical (unpaired) electrons. The normalized spacial score (nSPS) is 24.4. The van der Waals surface area contributed by atoms with Gasteiger partial charge in [-0.3, -0.25) is 9.59 Å². The monoisotopic (exact) mass is 388 g/mol. The average molecular weight is 389 g/mol. The van der Waals surface area contributed by atoms with E-state index in [1.54, 1.807) is 6.92 Å². The molecular formula is C21H32N4O3. The molecule has 3 aliphatic rings. The lowest BCUT2D eigenvalue weighted by molar-refractivity contribution is -0.142. The van der Waals surface area contributed by atoms with Crippen molar-refractivity contribution in [2.24, 2.45) is 5.41 Å². The number of carbonyl (C=O) groups is 2. The van der Waals surface area contributed by atoms with Crippen LogP contribution in [-0.4, -0.2) is 57.4 Å². The molecule has 1 aromatic rings. The molecule has 4 rings (SSSR count). The number of amides is 2. The van der Waals surface area contributed by atoms with Crippen molar-refractivity contribution in [3.05, 3.63) is 11.7 Å². The highest BCUT2D eigenvalue weighted by atomic mass is 16.5. The summed E-state index contributed by atoms with van der Waals surface area (Å²) < 4.78 is 5.32. The van der Waals surface area contributed by atoms with Gasteiger partial charge in [-0.05, 0) is 32.1 Å². The summed E-state index contributed by atoms with van der Waals surface area (Å²) in [5, 5.41) is 4.06. The molecular weight excluding hydrogens is 356 g/mol. The van der Waals surface area contributed by atoms with Crippen LogP contribution >= 0.6 is 0 Å². The number of hydrogen-bond acceptors (Lipinski definition) is 5. The second-order valence-electron chi connectivity index (χ2n) is 9.10. The minimum atomic E-state index is -0.210. The minimum Gasteiger partial charge on any atom is -0.340 e. The number of carbonyl (C=O) groups excluding carboxylic acids is 2. The largest absolute Gasteiger partial charge is 0.340 e. The summed E-state index contributed by atoms with van der Waals surface area (Å²) in [6, 6.07) is 0.0865. The Morgan fingerprint density at radius 2 is 1.96 bits per heavy atom. The Morgan fingerprint density at radius 3 is 2.64 bits per heavy atom. The molecule has 7 nitrogen and oxygen atoms in total. The Bertz CT molecular complexity index is 721. The molecule has 1 atom stereocenters. The fourth-order valence-corrected chi connectivity index (χ4v) is 4.79. The third-order valence-electron chi connectivity index (χ3n) is 6.76. The zero-order valence-electron chi connectivity index (χ0n) is 17.2. The lowest BCUT2D eigenvalue weighted by Crippen LogP contribution is -2.46. The van der Waals surface area contributed by atoms with Crippen molar-refractivity contribution >= 4 is 11.8 Å². The minimum absolute atomic E-state index is 0.0501. The molecule has 1 saturated heterocycles. The molecule has 2 heterocycles. The lowest BCUT2D eigenvalue weighted by atomic mass is 9.74. The van der Waals surface area contributed by atoms with Crippen LogP contribution in [0.2, 0.25) is 0 Å². The molecule has 2 aliphatic carbocycles. The summed E-state index contributed by atoms with van der Waals surface area (Å²) in [6.07, 6.45) is 9.22. The maximum Gasteiger partial charge on any atom is 0.229 e. The molecule has 1 aliphatic heterocycles. The van der Waals surface area contributed by atoms with Gasteiger partial charge in [-0.25, -0.2) is 0 Å². The fourth-order valence-electron chi connectivity index (χ4n) is 4.79. The quantitative estimate of drug-likeness (QED) is 0.749. The first-order chi connectivity index (χ1) is 13.5. The maximum absolute atomic E-state index is 13.1. The molecule has 0 N–H and O–H groups in total. The van der Waals surface area contributed by atoms with E-state index >= 15 is 0 Å². The van der Waals surface area contributed by atoms with Crippen molar-refractivity contribution in [1.82, 2.24) is 19.9 Å². The third-order valence-corrected chi connectivity index (χ3v) is 6.76. The summed E-state index contributed by atoms with van der Waals surface area (Å²) >= 11 is 0. The van der Waals surface area contributed by atoms with Gasteiger partial charge in [0.15, 0.2) is 5.82 Å². The summed E-state index contributed by atoms with van der Waals surface area (Å²) in [6.45, 7) is 5.70. The third kappa shape index (κ3) is 4.08. The van der Waals surface area contributed by atoms with E-state index in [1.807, 2.05) is 9.80 Å². The van der Waals surface area contributed by atoms with Gasteiger partial charge in [-0.1, -0.05) is 31.3 Å². The number of nitrogens with zero attached hydrogens (tertiary/aromatic N) is 4. The number of likely N-dealkylation sites (tertiary alicyclic amines) is 1. The van der Waals surface area contributed by atoms with Crippen molar-refractivity contribution in [3.63, 3.8) is 0 Å². The van der Waals surface area contributed by atoms with Gasteiger partial charge >= 0.3 is 0 Å². The van der Waals surface area contributed by atoms with Crippen molar-refractivity contribution < 1.29 is 14.1 Å². The highest BCUT2D eigenvalue weighted by Crippen LogP contribution is 2.39. The van der Waals surface area contributed by atoms with Gasteiger partial charge < -0.3 is 14.3 Å². The van der Waals surface area contributed by atoms with Gasteiger partial charge in [0.2, 0.25) is 17.7 Å². The Labute approximate surface area is 166 Å². The van der Waals surface area contributed by atoms with Crippen LogP contribution in [0.3, 0.4) is 0 Å². The van der Waals surface area contributed by atoms with Gasteiger partial charge in [0.1, 0.15) is 0 Å². The Hall–Kier alpha value is -1.92. The molecule has 7 heteroatoms. The van der Waals surface area contributed by atoms with Crippen LogP contribution in [0.1, 0.15) is 82.8 Å². The molecule has 0 aromatic carbocycles. The first kappa shape index (κ1) is 19.4. The van der Waals surface area contributed by atoms with Crippen LogP contribution in [0.25, 0.3) is 0 Å². The first-order valence-electron chi connectivity index (χ1n) is 10.9. The van der Waals surface area contributed by atoms with Gasteiger partial charge in [-0.2, -0.15) is 4.98 Å². The standard InChI is InChI=1S/C21H32N4O3/c1-15(26)25(13-9-18-22-19(28-23-18)16-6-7-16)17-8-12-24(14-17)20(27)21(2)10-4-3-5-11-21/h16-17H,3-14H2,1-2H3. The summed E-state index contributed by atoms with van der Waals surface area (Å²) in [5.41, 5.74) is -0.210. The van der Waals surface area contributed by atoms with Crippen LogP contribution in [0.15, 0.2) is 4.52 Å². The highest BCUT2D eigenvalue weighted by Gasteiger charge is 2.41. The van der Waals surface area contributed by atoms with Gasteiger partial charge in [0, 0.05) is 44.3 Å². The van der Waals surface area contributed by atoms with E-state index in [2.05, 4.69) is 17.1 Å². The topological polar surface area (TPSA) is 79.5 Å². The Balaban J connectivity index is 1.34. The van der Waals surface area contributed by atoms with Crippen molar-refractivity contribution in [2.45, 2.75) is 83.6 Å². The van der Waals surface area contributed by atoms with E-state index < -0.39 is 0 Å². The molecule has 1 unspecified atom stereocenters. The first-order valence-corrected chi connectivity index (χ1v) is 10.9. The second-order valence-corrected chi connectivity index (χ2v) is 9.10. The predicted octanol–water partition coefficient (Wildman–Crippen LogP) is 2.91. The number of aromatic nitrogens is 2. The van der Waals surface area contributed by atoms with E-state index in [0.29, 0.717) is 31.3 Å². The Kier molecular flexibility index (Phi) is 5.43. The molecule has 0 bridgehead atoms. The molecule has 1 aromatic heterocycles. The van der Waals surface area contributed by atoms with Crippen molar-refractivity contribution in [1.29, 1.82) is 0 Å². The van der Waals surface area contributed by atoms with Crippen LogP contribution in [0.4, 0.5) is 0 Å². The number of rotatable bonds is 6. The zero-order valence-corrected chi connectivity index (χ0v) is 17.2. The smallest absolute Gasteiger partial charge is 0.229 e. The molecule has 3 fully saturated rings. The molecule has 28 heavy (non-hydrogen) atoms. The van der Waals surface area contributed by atoms with Gasteiger partial charge in [0.05, 0.1) is 6.04 Å². The van der Waals surface area contributed by atoms with Gasteiger partial charge in [-0.15, -0.1) is 0 Å². The molecule has 2 saturated carbocycles. The van der Waals surface area contributed by atoms with E-state index in [1.165, 1.54) is 6.42 Å². The van der Waals surface area contributed by atoms with E-state index in [4.69, 9.17) is 4.52 Å². The van der Waals surface area contributed by atoms with E-state index in [0.717, 1.165) is 57.4 Å². The highest BCUT2D eigenvalue weighted by molar-refractivity contribution is 5.83. The molecule has 154 valence electrons. The van der Waals surface area contributed by atoms with Crippen molar-refractivity contribution in [2.75, 3.05) is 19.6 Å². The predicted molar refractivity (Wildman–Crippen MR) is 104 cm³/mol. The van der Waals surface area contributed by atoms with E-state index in [9.17, 15) is 9.59 Å². The molecule has 0 spiro atoms. The molecule has 2 amide bonds. The average Bonchev–Trinajstić information content (AvgIpc) is 3.23. The number of hydrogen-bond donors (Lipinski definition) is 0. The summed E-state index contributed by atoms with van der Waals surface area (Å²) in [7, 11) is 0.